The monoisotopic (exact) mass is 343 g/mol. The van der Waals surface area contributed by atoms with Gasteiger partial charge in [-0.25, -0.2) is 0 Å². The van der Waals surface area contributed by atoms with Crippen LogP contribution >= 0.6 is 39.1 Å². The van der Waals surface area contributed by atoms with E-state index in [1.807, 2.05) is 43.3 Å². The van der Waals surface area contributed by atoms with Gasteiger partial charge in [0, 0.05) is 26.8 Å². The minimum absolute atomic E-state index is 0.730. The van der Waals surface area contributed by atoms with Crippen LogP contribution in [-0.4, -0.2) is 0 Å². The van der Waals surface area contributed by atoms with Gasteiger partial charge in [0.25, 0.3) is 0 Å². The van der Waals surface area contributed by atoms with Gasteiger partial charge in [-0.15, -0.1) is 0 Å². The first-order valence-electron chi connectivity index (χ1n) is 5.50. The number of halogens is 3. The van der Waals surface area contributed by atoms with Crippen molar-refractivity contribution in [3.8, 4) is 0 Å². The Kier molecular flexibility index (Phi) is 4.55. The quantitative estimate of drug-likeness (QED) is 0.755. The highest BCUT2D eigenvalue weighted by Gasteiger charge is 2.02. The van der Waals surface area contributed by atoms with Gasteiger partial charge in [0.1, 0.15) is 0 Å². The summed E-state index contributed by atoms with van der Waals surface area (Å²) in [6.07, 6.45) is 0. The first-order valence-corrected chi connectivity index (χ1v) is 7.05. The lowest BCUT2D eigenvalue weighted by atomic mass is 10.2. The van der Waals surface area contributed by atoms with E-state index in [0.29, 0.717) is 0 Å². The van der Waals surface area contributed by atoms with E-state index in [4.69, 9.17) is 23.2 Å². The third-order valence-corrected chi connectivity index (χ3v) is 3.88. The van der Waals surface area contributed by atoms with Crippen molar-refractivity contribution in [2.45, 2.75) is 13.5 Å². The molecule has 2 aromatic rings. The van der Waals surface area contributed by atoms with Crippen molar-refractivity contribution in [1.82, 2.24) is 0 Å². The fourth-order valence-electron chi connectivity index (χ4n) is 1.68. The van der Waals surface area contributed by atoms with Crippen LogP contribution in [0.1, 0.15) is 11.1 Å². The van der Waals surface area contributed by atoms with Crippen LogP contribution in [0.25, 0.3) is 0 Å². The van der Waals surface area contributed by atoms with Crippen LogP contribution < -0.4 is 5.32 Å². The zero-order valence-corrected chi connectivity index (χ0v) is 12.9. The number of rotatable bonds is 3. The molecule has 0 saturated carbocycles. The summed E-state index contributed by atoms with van der Waals surface area (Å²) in [5.74, 6) is 0. The number of nitrogens with one attached hydrogen (secondary N) is 1. The van der Waals surface area contributed by atoms with Crippen molar-refractivity contribution < 1.29 is 0 Å². The summed E-state index contributed by atoms with van der Waals surface area (Å²) < 4.78 is 1.01. The van der Waals surface area contributed by atoms with Crippen LogP contribution in [0.3, 0.4) is 0 Å². The number of hydrogen-bond acceptors (Lipinski definition) is 1. The lowest BCUT2D eigenvalue weighted by Gasteiger charge is -2.11. The molecule has 0 bridgehead atoms. The van der Waals surface area contributed by atoms with E-state index in [-0.39, 0.29) is 0 Å². The second-order valence-corrected chi connectivity index (χ2v) is 5.78. The summed E-state index contributed by atoms with van der Waals surface area (Å²) in [6, 6.07) is 11.6. The summed E-state index contributed by atoms with van der Waals surface area (Å²) in [7, 11) is 0. The van der Waals surface area contributed by atoms with Crippen molar-refractivity contribution in [3.05, 3.63) is 62.0 Å². The van der Waals surface area contributed by atoms with Crippen molar-refractivity contribution in [1.29, 1.82) is 0 Å². The summed E-state index contributed by atoms with van der Waals surface area (Å²) in [6.45, 7) is 2.77. The molecule has 1 N–H and O–H groups in total. The lowest BCUT2D eigenvalue weighted by Crippen LogP contribution is -2.01. The van der Waals surface area contributed by atoms with Crippen LogP contribution in [0.15, 0.2) is 40.9 Å². The summed E-state index contributed by atoms with van der Waals surface area (Å²) in [5, 5.41) is 4.87. The summed E-state index contributed by atoms with van der Waals surface area (Å²) >= 11 is 15.3. The van der Waals surface area contributed by atoms with Gasteiger partial charge in [0.15, 0.2) is 0 Å². The molecule has 2 aromatic carbocycles. The Hall–Kier alpha value is -0.700. The van der Waals surface area contributed by atoms with Gasteiger partial charge >= 0.3 is 0 Å². The molecule has 0 amide bonds. The van der Waals surface area contributed by atoms with Crippen molar-refractivity contribution in [2.75, 3.05) is 5.32 Å². The molecule has 4 heteroatoms. The highest BCUT2D eigenvalue weighted by atomic mass is 79.9. The predicted octanol–water partition coefficient (Wildman–Crippen LogP) is 5.68. The Balaban J connectivity index is 2.11. The summed E-state index contributed by atoms with van der Waals surface area (Å²) in [5.41, 5.74) is 3.38. The normalized spacial score (nSPS) is 10.4. The Labute approximate surface area is 125 Å². The topological polar surface area (TPSA) is 12.0 Å². The molecule has 0 aromatic heterocycles. The van der Waals surface area contributed by atoms with Crippen LogP contribution in [-0.2, 0) is 6.54 Å². The van der Waals surface area contributed by atoms with Gasteiger partial charge in [0.05, 0.1) is 0 Å². The molecule has 0 saturated heterocycles. The molecule has 0 atom stereocenters. The third kappa shape index (κ3) is 3.41. The molecule has 0 aliphatic rings. The Morgan fingerprint density at radius 2 is 1.72 bits per heavy atom. The highest BCUT2D eigenvalue weighted by molar-refractivity contribution is 9.10. The molecule has 0 fully saturated rings. The molecule has 1 nitrogen and oxygen atoms in total. The molecule has 0 radical (unpaired) electrons. The average molecular weight is 345 g/mol. The zero-order chi connectivity index (χ0) is 13.1. The predicted molar refractivity (Wildman–Crippen MR) is 82.7 cm³/mol. The molecule has 0 spiro atoms. The molecular weight excluding hydrogens is 333 g/mol. The van der Waals surface area contributed by atoms with Crippen molar-refractivity contribution >= 4 is 44.8 Å². The van der Waals surface area contributed by atoms with Gasteiger partial charge in [-0.2, -0.15) is 0 Å². The van der Waals surface area contributed by atoms with Gasteiger partial charge < -0.3 is 5.32 Å². The van der Waals surface area contributed by atoms with Crippen LogP contribution in [0.5, 0.6) is 0 Å². The van der Waals surface area contributed by atoms with Crippen LogP contribution in [0.4, 0.5) is 5.69 Å². The zero-order valence-electron chi connectivity index (χ0n) is 9.81. The third-order valence-electron chi connectivity index (χ3n) is 2.67. The van der Waals surface area contributed by atoms with E-state index in [9.17, 15) is 0 Å². The largest absolute Gasteiger partial charge is 0.381 e. The number of aryl methyl sites for hydroxylation is 1. The SMILES string of the molecule is Cc1cc(Cl)ccc1NCc1ccc(Cl)cc1Br. The van der Waals surface area contributed by atoms with Crippen LogP contribution in [0.2, 0.25) is 10.0 Å². The van der Waals surface area contributed by atoms with E-state index in [1.165, 1.54) is 0 Å². The Bertz CT molecular complexity index is 518. The molecule has 0 heterocycles. The molecular formula is C14H12BrCl2N. The fourth-order valence-corrected chi connectivity index (χ4v) is 2.73. The second kappa shape index (κ2) is 5.96. The maximum Gasteiger partial charge on any atom is 0.0417 e. The Morgan fingerprint density at radius 1 is 1.06 bits per heavy atom. The number of benzene rings is 2. The molecule has 0 aliphatic heterocycles. The first kappa shape index (κ1) is 13.7. The van der Waals surface area contributed by atoms with Crippen molar-refractivity contribution in [3.63, 3.8) is 0 Å². The van der Waals surface area contributed by atoms with E-state index < -0.39 is 0 Å². The van der Waals surface area contributed by atoms with Gasteiger partial charge in [-0.3, -0.25) is 0 Å². The fraction of sp³-hybridized carbons (Fsp3) is 0.143. The summed E-state index contributed by atoms with van der Waals surface area (Å²) in [4.78, 5) is 0. The molecule has 0 aliphatic carbocycles. The van der Waals surface area contributed by atoms with Gasteiger partial charge in [-0.05, 0) is 48.4 Å². The molecule has 94 valence electrons. The van der Waals surface area contributed by atoms with E-state index in [0.717, 1.165) is 37.9 Å². The van der Waals surface area contributed by atoms with E-state index >= 15 is 0 Å². The van der Waals surface area contributed by atoms with Gasteiger partial charge in [-0.1, -0.05) is 45.2 Å². The first-order chi connectivity index (χ1) is 8.56. The molecule has 2 rings (SSSR count). The highest BCUT2D eigenvalue weighted by Crippen LogP contribution is 2.24. The molecule has 18 heavy (non-hydrogen) atoms. The minimum Gasteiger partial charge on any atom is -0.381 e. The Morgan fingerprint density at radius 3 is 2.39 bits per heavy atom. The van der Waals surface area contributed by atoms with Gasteiger partial charge in [0.2, 0.25) is 0 Å². The second-order valence-electron chi connectivity index (χ2n) is 4.05. The minimum atomic E-state index is 0.730. The maximum absolute atomic E-state index is 5.93. The van der Waals surface area contributed by atoms with E-state index in [2.05, 4.69) is 21.2 Å². The lowest BCUT2D eigenvalue weighted by molar-refractivity contribution is 1.13. The average Bonchev–Trinajstić information content (AvgIpc) is 2.30. The maximum atomic E-state index is 5.93. The standard InChI is InChI=1S/C14H12BrCl2N/c1-9-6-11(16)4-5-14(9)18-8-10-2-3-12(17)7-13(10)15/h2-7,18H,8H2,1H3. The smallest absolute Gasteiger partial charge is 0.0417 e. The van der Waals surface area contributed by atoms with Crippen molar-refractivity contribution in [2.24, 2.45) is 0 Å². The van der Waals surface area contributed by atoms with Crippen LogP contribution in [0, 0.1) is 6.92 Å². The van der Waals surface area contributed by atoms with E-state index in [1.54, 1.807) is 0 Å². The number of anilines is 1. The number of hydrogen-bond donors (Lipinski definition) is 1. The molecule has 0 unspecified atom stereocenters.